The number of nitriles is 1. The first-order chi connectivity index (χ1) is 12.0. The molecule has 7 nitrogen and oxygen atoms in total. The van der Waals surface area contributed by atoms with Crippen molar-refractivity contribution in [3.05, 3.63) is 50.9 Å². The lowest BCUT2D eigenvalue weighted by molar-refractivity contribution is 0.324. The van der Waals surface area contributed by atoms with Crippen molar-refractivity contribution in [3.8, 4) is 23.3 Å². The maximum absolute atomic E-state index is 12.4. The maximum atomic E-state index is 12.4. The zero-order valence-electron chi connectivity index (χ0n) is 14.8. The van der Waals surface area contributed by atoms with Crippen LogP contribution in [0.5, 0.6) is 17.2 Å². The highest BCUT2D eigenvalue weighted by Gasteiger charge is 2.13. The minimum absolute atomic E-state index is 0.0765. The molecule has 1 aromatic carbocycles. The van der Waals surface area contributed by atoms with E-state index in [9.17, 15) is 4.79 Å². The van der Waals surface area contributed by atoms with Gasteiger partial charge in [0.15, 0.2) is 11.5 Å². The smallest absolute Gasteiger partial charge is 0.289 e. The normalized spacial score (nSPS) is 10.6. The van der Waals surface area contributed by atoms with E-state index in [0.29, 0.717) is 34.1 Å². The highest BCUT2D eigenvalue weighted by Crippen LogP contribution is 2.37. The zero-order valence-corrected chi connectivity index (χ0v) is 14.8. The fraction of sp³-hybridized carbons (Fsp3) is 0.278. The summed E-state index contributed by atoms with van der Waals surface area (Å²) in [6.07, 6.45) is 1.50. The lowest BCUT2D eigenvalue weighted by Gasteiger charge is -2.12. The third-order valence-electron chi connectivity index (χ3n) is 3.68. The molecular weight excluding hydrogens is 322 g/mol. The molecule has 25 heavy (non-hydrogen) atoms. The van der Waals surface area contributed by atoms with E-state index in [0.717, 1.165) is 0 Å². The third-order valence-corrected chi connectivity index (χ3v) is 3.68. The highest BCUT2D eigenvalue weighted by molar-refractivity contribution is 5.82. The molecule has 1 heterocycles. The van der Waals surface area contributed by atoms with Crippen molar-refractivity contribution in [1.29, 1.82) is 5.26 Å². The van der Waals surface area contributed by atoms with Crippen LogP contribution in [-0.2, 0) is 0 Å². The van der Waals surface area contributed by atoms with Gasteiger partial charge in [0.1, 0.15) is 11.6 Å². The van der Waals surface area contributed by atoms with E-state index in [4.69, 9.17) is 19.5 Å². The fourth-order valence-corrected chi connectivity index (χ4v) is 2.46. The Hall–Kier alpha value is -3.27. The maximum Gasteiger partial charge on any atom is 0.289 e. The van der Waals surface area contributed by atoms with Crippen molar-refractivity contribution >= 4 is 6.21 Å². The Bertz CT molecular complexity index is 898. The van der Waals surface area contributed by atoms with Gasteiger partial charge in [0.05, 0.1) is 27.5 Å². The molecule has 130 valence electrons. The SMILES string of the molecule is COc1cc(C=Nn2c(C)cc(C)c(C#N)c2=O)cc(OC)c1OC. The second kappa shape index (κ2) is 7.53. The average Bonchev–Trinajstić information content (AvgIpc) is 2.60. The Labute approximate surface area is 145 Å². The molecule has 7 heteroatoms. The number of rotatable bonds is 5. The molecule has 0 fully saturated rings. The van der Waals surface area contributed by atoms with Gasteiger partial charge in [-0.3, -0.25) is 4.79 Å². The van der Waals surface area contributed by atoms with Gasteiger partial charge >= 0.3 is 0 Å². The van der Waals surface area contributed by atoms with Gasteiger partial charge < -0.3 is 14.2 Å². The molecule has 0 aliphatic carbocycles. The van der Waals surface area contributed by atoms with Gasteiger partial charge in [0, 0.05) is 11.3 Å². The number of hydrogen-bond donors (Lipinski definition) is 0. The van der Waals surface area contributed by atoms with Gasteiger partial charge in [-0.1, -0.05) is 0 Å². The van der Waals surface area contributed by atoms with E-state index >= 15 is 0 Å². The van der Waals surface area contributed by atoms with Crippen molar-refractivity contribution < 1.29 is 14.2 Å². The lowest BCUT2D eigenvalue weighted by atomic mass is 10.1. The molecular formula is C18H19N3O4. The van der Waals surface area contributed by atoms with Crippen LogP contribution in [0.4, 0.5) is 0 Å². The number of aryl methyl sites for hydroxylation is 2. The molecule has 2 aromatic rings. The van der Waals surface area contributed by atoms with Crippen LogP contribution in [0.3, 0.4) is 0 Å². The summed E-state index contributed by atoms with van der Waals surface area (Å²) in [5.74, 6) is 1.43. The standard InChI is InChI=1S/C18H19N3O4/c1-11-6-12(2)21(18(22)14(11)9-19)20-10-13-7-15(23-3)17(25-5)16(8-13)24-4/h6-8,10H,1-5H3. The number of ether oxygens (including phenoxy) is 3. The van der Waals surface area contributed by atoms with E-state index < -0.39 is 5.56 Å². The van der Waals surface area contributed by atoms with Gasteiger partial charge in [0.2, 0.25) is 5.75 Å². The van der Waals surface area contributed by atoms with E-state index in [-0.39, 0.29) is 5.56 Å². The first-order valence-corrected chi connectivity index (χ1v) is 7.44. The number of pyridine rings is 1. The van der Waals surface area contributed by atoms with Crippen LogP contribution in [0.25, 0.3) is 0 Å². The van der Waals surface area contributed by atoms with Gasteiger partial charge in [-0.25, -0.2) is 4.68 Å². The molecule has 0 unspecified atom stereocenters. The summed E-state index contributed by atoms with van der Waals surface area (Å²) < 4.78 is 17.0. The first-order valence-electron chi connectivity index (χ1n) is 7.44. The van der Waals surface area contributed by atoms with Crippen LogP contribution < -0.4 is 19.8 Å². The van der Waals surface area contributed by atoms with Crippen LogP contribution in [0.1, 0.15) is 22.4 Å². The fourth-order valence-electron chi connectivity index (χ4n) is 2.46. The molecule has 0 radical (unpaired) electrons. The monoisotopic (exact) mass is 341 g/mol. The van der Waals surface area contributed by atoms with Crippen molar-refractivity contribution in [2.45, 2.75) is 13.8 Å². The van der Waals surface area contributed by atoms with Gasteiger partial charge in [-0.15, -0.1) is 0 Å². The van der Waals surface area contributed by atoms with E-state index in [2.05, 4.69) is 5.10 Å². The number of nitrogens with zero attached hydrogens (tertiary/aromatic N) is 3. The molecule has 0 spiro atoms. The molecule has 0 aliphatic heterocycles. The summed E-state index contributed by atoms with van der Waals surface area (Å²) in [5.41, 5.74) is 1.53. The molecule has 0 N–H and O–H groups in total. The largest absolute Gasteiger partial charge is 0.493 e. The van der Waals surface area contributed by atoms with Crippen molar-refractivity contribution in [2.75, 3.05) is 21.3 Å². The van der Waals surface area contributed by atoms with Crippen molar-refractivity contribution in [2.24, 2.45) is 5.10 Å². The number of hydrogen-bond acceptors (Lipinski definition) is 6. The number of benzene rings is 1. The van der Waals surface area contributed by atoms with E-state index in [1.54, 1.807) is 32.0 Å². The summed E-state index contributed by atoms with van der Waals surface area (Å²) >= 11 is 0. The Morgan fingerprint density at radius 1 is 1.08 bits per heavy atom. The lowest BCUT2D eigenvalue weighted by Crippen LogP contribution is -2.22. The van der Waals surface area contributed by atoms with Gasteiger partial charge in [-0.05, 0) is 37.6 Å². The summed E-state index contributed by atoms with van der Waals surface area (Å²) in [4.78, 5) is 12.4. The summed E-state index contributed by atoms with van der Waals surface area (Å²) in [6.45, 7) is 3.47. The molecule has 0 amide bonds. The summed E-state index contributed by atoms with van der Waals surface area (Å²) in [7, 11) is 4.56. The molecule has 0 bridgehead atoms. The predicted molar refractivity (Wildman–Crippen MR) is 94.0 cm³/mol. The Kier molecular flexibility index (Phi) is 5.45. The first kappa shape index (κ1) is 18.1. The van der Waals surface area contributed by atoms with Crippen LogP contribution in [-0.4, -0.2) is 32.2 Å². The minimum Gasteiger partial charge on any atom is -0.493 e. The van der Waals surface area contributed by atoms with Crippen LogP contribution in [0.15, 0.2) is 28.1 Å². The topological polar surface area (TPSA) is 85.8 Å². The second-order valence-corrected chi connectivity index (χ2v) is 5.28. The van der Waals surface area contributed by atoms with Gasteiger partial charge in [-0.2, -0.15) is 10.4 Å². The molecule has 0 saturated heterocycles. The average molecular weight is 341 g/mol. The van der Waals surface area contributed by atoms with E-state index in [1.165, 1.54) is 32.2 Å². The zero-order chi connectivity index (χ0) is 18.6. The van der Waals surface area contributed by atoms with Crippen LogP contribution in [0.2, 0.25) is 0 Å². The third kappa shape index (κ3) is 3.48. The van der Waals surface area contributed by atoms with Crippen molar-refractivity contribution in [3.63, 3.8) is 0 Å². The number of methoxy groups -OCH3 is 3. The molecule has 2 rings (SSSR count). The van der Waals surface area contributed by atoms with Crippen molar-refractivity contribution in [1.82, 2.24) is 4.68 Å². The predicted octanol–water partition coefficient (Wildman–Crippen LogP) is 2.24. The molecule has 0 aliphatic rings. The Morgan fingerprint density at radius 3 is 2.16 bits per heavy atom. The summed E-state index contributed by atoms with van der Waals surface area (Å²) in [6, 6.07) is 7.09. The Morgan fingerprint density at radius 2 is 1.68 bits per heavy atom. The van der Waals surface area contributed by atoms with E-state index in [1.807, 2.05) is 6.07 Å². The highest BCUT2D eigenvalue weighted by atomic mass is 16.5. The minimum atomic E-state index is -0.455. The van der Waals surface area contributed by atoms with Crippen LogP contribution >= 0.6 is 0 Å². The quantitative estimate of drug-likeness (QED) is 0.779. The van der Waals surface area contributed by atoms with Gasteiger partial charge in [0.25, 0.3) is 5.56 Å². The second-order valence-electron chi connectivity index (χ2n) is 5.28. The molecule has 1 aromatic heterocycles. The number of aromatic nitrogens is 1. The molecule has 0 atom stereocenters. The van der Waals surface area contributed by atoms with Crippen LogP contribution in [0, 0.1) is 25.2 Å². The summed E-state index contributed by atoms with van der Waals surface area (Å²) in [5, 5.41) is 13.3. The molecule has 0 saturated carbocycles. The Balaban J connectivity index is 2.54.